The van der Waals surface area contributed by atoms with Crippen molar-refractivity contribution in [1.29, 1.82) is 0 Å². The first-order valence-corrected chi connectivity index (χ1v) is 11.2. The monoisotopic (exact) mass is 456 g/mol. The van der Waals surface area contributed by atoms with Gasteiger partial charge < -0.3 is 5.32 Å². The predicted molar refractivity (Wildman–Crippen MR) is 127 cm³/mol. The van der Waals surface area contributed by atoms with E-state index in [0.717, 1.165) is 43.0 Å². The molecule has 0 radical (unpaired) electrons. The molecule has 3 aromatic rings. The van der Waals surface area contributed by atoms with Gasteiger partial charge in [-0.2, -0.15) is 5.10 Å². The predicted octanol–water partition coefficient (Wildman–Crippen LogP) is 4.29. The van der Waals surface area contributed by atoms with Crippen LogP contribution in [0, 0.1) is 13.8 Å². The highest BCUT2D eigenvalue weighted by atomic mass is 35.5. The molecule has 0 aliphatic carbocycles. The topological polar surface area (TPSA) is 50.2 Å². The molecule has 1 saturated heterocycles. The number of nitrogens with one attached hydrogen (secondary N) is 1. The van der Waals surface area contributed by atoms with Gasteiger partial charge in [-0.15, -0.1) is 0 Å². The van der Waals surface area contributed by atoms with Crippen LogP contribution in [0.2, 0.25) is 10.0 Å². The van der Waals surface area contributed by atoms with E-state index in [2.05, 4.69) is 42.3 Å². The maximum Gasteiger partial charge on any atom is 0.271 e. The standard InChI is InChI=1S/C24H26Cl2N4O/c1-16-6-7-18(12-17(16)2)23-14-19(13-20-21(25)4-3-5-22(20)26)24(31)30(28-23)15-29-10-8-27-9-11-29/h3-7,12,14,27H,8-11,13,15H2,1-2H3. The van der Waals surface area contributed by atoms with Crippen LogP contribution < -0.4 is 10.9 Å². The van der Waals surface area contributed by atoms with Gasteiger partial charge in [-0.3, -0.25) is 9.69 Å². The van der Waals surface area contributed by atoms with Gasteiger partial charge >= 0.3 is 0 Å². The number of halogens is 2. The molecular formula is C24H26Cl2N4O. The molecular weight excluding hydrogens is 431 g/mol. The van der Waals surface area contributed by atoms with Crippen LogP contribution in [0.15, 0.2) is 47.3 Å². The molecule has 7 heteroatoms. The molecule has 0 spiro atoms. The highest BCUT2D eigenvalue weighted by Crippen LogP contribution is 2.27. The average Bonchev–Trinajstić information content (AvgIpc) is 2.76. The Morgan fingerprint density at radius 3 is 2.39 bits per heavy atom. The summed E-state index contributed by atoms with van der Waals surface area (Å²) in [6.45, 7) is 8.22. The Labute approximate surface area is 192 Å². The molecule has 5 nitrogen and oxygen atoms in total. The molecule has 2 heterocycles. The first kappa shape index (κ1) is 22.0. The molecule has 1 N–H and O–H groups in total. The second-order valence-corrected chi connectivity index (χ2v) is 8.86. The van der Waals surface area contributed by atoms with Gasteiger partial charge in [0.05, 0.1) is 12.4 Å². The number of hydrogen-bond donors (Lipinski definition) is 1. The Morgan fingerprint density at radius 1 is 1.00 bits per heavy atom. The van der Waals surface area contributed by atoms with Crippen molar-refractivity contribution in [3.63, 3.8) is 0 Å². The fourth-order valence-electron chi connectivity index (χ4n) is 3.79. The van der Waals surface area contributed by atoms with Gasteiger partial charge in [0.25, 0.3) is 5.56 Å². The average molecular weight is 457 g/mol. The molecule has 0 bridgehead atoms. The van der Waals surface area contributed by atoms with Gasteiger partial charge in [-0.1, -0.05) is 41.4 Å². The van der Waals surface area contributed by atoms with Crippen molar-refractivity contribution < 1.29 is 0 Å². The normalized spacial score (nSPS) is 14.7. The Bertz CT molecular complexity index is 1130. The van der Waals surface area contributed by atoms with Gasteiger partial charge in [0.2, 0.25) is 0 Å². The number of rotatable bonds is 5. The largest absolute Gasteiger partial charge is 0.314 e. The molecule has 0 saturated carbocycles. The zero-order valence-corrected chi connectivity index (χ0v) is 19.3. The Kier molecular flexibility index (Phi) is 6.77. The summed E-state index contributed by atoms with van der Waals surface area (Å²) in [4.78, 5) is 15.6. The zero-order valence-electron chi connectivity index (χ0n) is 17.8. The lowest BCUT2D eigenvalue weighted by Gasteiger charge is -2.27. The van der Waals surface area contributed by atoms with Crippen molar-refractivity contribution in [2.45, 2.75) is 26.9 Å². The summed E-state index contributed by atoms with van der Waals surface area (Å²) in [6, 6.07) is 13.5. The van der Waals surface area contributed by atoms with Crippen LogP contribution in [0.1, 0.15) is 22.3 Å². The molecule has 0 unspecified atom stereocenters. The Balaban J connectivity index is 1.79. The van der Waals surface area contributed by atoms with Crippen LogP contribution in [0.5, 0.6) is 0 Å². The number of aryl methyl sites for hydroxylation is 2. The maximum atomic E-state index is 13.3. The summed E-state index contributed by atoms with van der Waals surface area (Å²) >= 11 is 12.8. The molecule has 1 aliphatic heterocycles. The second kappa shape index (κ2) is 9.53. The second-order valence-electron chi connectivity index (χ2n) is 8.04. The van der Waals surface area contributed by atoms with Crippen molar-refractivity contribution >= 4 is 23.2 Å². The molecule has 1 aromatic heterocycles. The highest BCUT2D eigenvalue weighted by Gasteiger charge is 2.17. The van der Waals surface area contributed by atoms with Crippen LogP contribution in [0.3, 0.4) is 0 Å². The van der Waals surface area contributed by atoms with Crippen molar-refractivity contribution in [2.24, 2.45) is 0 Å². The van der Waals surface area contributed by atoms with Crippen molar-refractivity contribution in [3.05, 3.63) is 85.1 Å². The minimum Gasteiger partial charge on any atom is -0.314 e. The van der Waals surface area contributed by atoms with Gasteiger partial charge in [-0.05, 0) is 54.8 Å². The number of nitrogens with zero attached hydrogens (tertiary/aromatic N) is 3. The Hall–Kier alpha value is -2.18. The quantitative estimate of drug-likeness (QED) is 0.621. The van der Waals surface area contributed by atoms with Gasteiger partial charge in [-0.25, -0.2) is 4.68 Å². The lowest BCUT2D eigenvalue weighted by Crippen LogP contribution is -2.46. The van der Waals surface area contributed by atoms with Crippen molar-refractivity contribution in [3.8, 4) is 11.3 Å². The molecule has 0 amide bonds. The molecule has 2 aromatic carbocycles. The molecule has 31 heavy (non-hydrogen) atoms. The third kappa shape index (κ3) is 5.01. The van der Waals surface area contributed by atoms with E-state index in [9.17, 15) is 4.79 Å². The molecule has 0 atom stereocenters. The SMILES string of the molecule is Cc1ccc(-c2cc(Cc3c(Cl)cccc3Cl)c(=O)n(CN3CCNCC3)n2)cc1C. The van der Waals surface area contributed by atoms with Crippen molar-refractivity contribution in [2.75, 3.05) is 26.2 Å². The van der Waals surface area contributed by atoms with Gasteiger partial charge in [0.15, 0.2) is 0 Å². The van der Waals surface area contributed by atoms with Crippen molar-refractivity contribution in [1.82, 2.24) is 20.0 Å². The zero-order chi connectivity index (χ0) is 22.0. The number of aromatic nitrogens is 2. The first-order valence-electron chi connectivity index (χ1n) is 10.5. The summed E-state index contributed by atoms with van der Waals surface area (Å²) < 4.78 is 1.58. The van der Waals surface area contributed by atoms with E-state index >= 15 is 0 Å². The number of piperazine rings is 1. The summed E-state index contributed by atoms with van der Waals surface area (Å²) in [5.41, 5.74) is 5.46. The van der Waals surface area contributed by atoms with E-state index < -0.39 is 0 Å². The number of hydrogen-bond acceptors (Lipinski definition) is 4. The molecule has 1 fully saturated rings. The lowest BCUT2D eigenvalue weighted by molar-refractivity contribution is 0.179. The number of benzene rings is 2. The molecule has 1 aliphatic rings. The van der Waals surface area contributed by atoms with E-state index in [-0.39, 0.29) is 5.56 Å². The third-order valence-corrected chi connectivity index (χ3v) is 6.53. The lowest BCUT2D eigenvalue weighted by atomic mass is 10.0. The van der Waals surface area contributed by atoms with E-state index in [1.54, 1.807) is 16.8 Å². The first-order chi connectivity index (χ1) is 14.9. The van der Waals surface area contributed by atoms with Crippen LogP contribution >= 0.6 is 23.2 Å². The smallest absolute Gasteiger partial charge is 0.271 e. The van der Waals surface area contributed by atoms with Gasteiger partial charge in [0, 0.05) is 53.8 Å². The molecule has 4 rings (SSSR count). The van der Waals surface area contributed by atoms with Crippen LogP contribution in [-0.4, -0.2) is 40.9 Å². The maximum absolute atomic E-state index is 13.3. The van der Waals surface area contributed by atoms with E-state index in [4.69, 9.17) is 28.3 Å². The summed E-state index contributed by atoms with van der Waals surface area (Å²) in [5.74, 6) is 0. The van der Waals surface area contributed by atoms with Crippen LogP contribution in [0.4, 0.5) is 0 Å². The van der Waals surface area contributed by atoms with Crippen LogP contribution in [0.25, 0.3) is 11.3 Å². The fraction of sp³-hybridized carbons (Fsp3) is 0.333. The van der Waals surface area contributed by atoms with Crippen LogP contribution in [-0.2, 0) is 13.1 Å². The van der Waals surface area contributed by atoms with E-state index in [0.29, 0.717) is 28.7 Å². The molecule has 162 valence electrons. The minimum atomic E-state index is -0.109. The van der Waals surface area contributed by atoms with Gasteiger partial charge in [0.1, 0.15) is 0 Å². The minimum absolute atomic E-state index is 0.109. The fourth-order valence-corrected chi connectivity index (χ4v) is 4.33. The highest BCUT2D eigenvalue weighted by molar-refractivity contribution is 6.36. The van der Waals surface area contributed by atoms with E-state index in [1.807, 2.05) is 12.1 Å². The Morgan fingerprint density at radius 2 is 1.71 bits per heavy atom. The third-order valence-electron chi connectivity index (χ3n) is 5.82. The summed E-state index contributed by atoms with van der Waals surface area (Å²) in [7, 11) is 0. The van der Waals surface area contributed by atoms with E-state index in [1.165, 1.54) is 11.1 Å². The summed E-state index contributed by atoms with van der Waals surface area (Å²) in [6.07, 6.45) is 0.360. The summed E-state index contributed by atoms with van der Waals surface area (Å²) in [5, 5.41) is 9.19.